The number of halogens is 1. The lowest BCUT2D eigenvalue weighted by Gasteiger charge is -2.64. The largest absolute Gasteiger partial charge is 0.504 e. The fourth-order valence-corrected chi connectivity index (χ4v) is 7.85. The van der Waals surface area contributed by atoms with E-state index in [0.29, 0.717) is 18.6 Å². The molecular formula is C31H35ClN2O4. The summed E-state index contributed by atoms with van der Waals surface area (Å²) >= 11 is 0. The SMILES string of the molecule is Cc1ccc(C#CC(=O)N(C)[C@H]2CC[C@@]3(O)[C@H]4Cc5ccc(O)c6c5[C@@]3(CCN4CC3CC3)[C@H]2O6)cc1.Cl. The number of phenolic OH excluding ortho intramolecular Hbond substituents is 1. The van der Waals surface area contributed by atoms with E-state index in [4.69, 9.17) is 4.74 Å². The summed E-state index contributed by atoms with van der Waals surface area (Å²) in [4.78, 5) is 17.5. The fourth-order valence-electron chi connectivity index (χ4n) is 7.85. The highest BCUT2D eigenvalue weighted by Gasteiger charge is 2.73. The summed E-state index contributed by atoms with van der Waals surface area (Å²) in [7, 11) is 1.80. The Hall–Kier alpha value is -2.72. The zero-order chi connectivity index (χ0) is 25.5. The van der Waals surface area contributed by atoms with Gasteiger partial charge in [-0.15, -0.1) is 12.4 Å². The van der Waals surface area contributed by atoms with E-state index < -0.39 is 17.1 Å². The predicted molar refractivity (Wildman–Crippen MR) is 147 cm³/mol. The van der Waals surface area contributed by atoms with Gasteiger partial charge in [-0.3, -0.25) is 9.69 Å². The number of aryl methyl sites for hydroxylation is 1. The van der Waals surface area contributed by atoms with E-state index in [-0.39, 0.29) is 36.1 Å². The van der Waals surface area contributed by atoms with Gasteiger partial charge in [0.05, 0.1) is 17.1 Å². The minimum Gasteiger partial charge on any atom is -0.504 e. The molecule has 3 fully saturated rings. The molecule has 0 unspecified atom stereocenters. The molecule has 7 heteroatoms. The normalized spacial score (nSPS) is 32.2. The van der Waals surface area contributed by atoms with Crippen molar-refractivity contribution in [3.63, 3.8) is 0 Å². The monoisotopic (exact) mass is 534 g/mol. The van der Waals surface area contributed by atoms with Gasteiger partial charge in [0, 0.05) is 36.7 Å². The molecule has 2 aromatic carbocycles. The lowest BCUT2D eigenvalue weighted by molar-refractivity contribution is -0.199. The van der Waals surface area contributed by atoms with Crippen molar-refractivity contribution in [2.24, 2.45) is 5.92 Å². The van der Waals surface area contributed by atoms with Crippen molar-refractivity contribution in [3.05, 3.63) is 58.7 Å². The summed E-state index contributed by atoms with van der Waals surface area (Å²) in [5, 5.41) is 23.4. The predicted octanol–water partition coefficient (Wildman–Crippen LogP) is 3.57. The fraction of sp³-hybridized carbons (Fsp3) is 0.516. The van der Waals surface area contributed by atoms with Gasteiger partial charge >= 0.3 is 0 Å². The van der Waals surface area contributed by atoms with E-state index in [2.05, 4.69) is 16.7 Å². The second-order valence-corrected chi connectivity index (χ2v) is 11.9. The van der Waals surface area contributed by atoms with E-state index in [1.165, 1.54) is 18.4 Å². The summed E-state index contributed by atoms with van der Waals surface area (Å²) in [5.41, 5.74) is 2.52. The third-order valence-electron chi connectivity index (χ3n) is 9.91. The first-order valence-electron chi connectivity index (χ1n) is 13.7. The number of likely N-dealkylation sites (N-methyl/N-ethyl adjacent to an activating group) is 1. The number of nitrogens with zero attached hydrogens (tertiary/aromatic N) is 2. The van der Waals surface area contributed by atoms with Crippen LogP contribution in [0.4, 0.5) is 0 Å². The molecule has 3 aliphatic carbocycles. The molecule has 5 aliphatic rings. The first-order valence-corrected chi connectivity index (χ1v) is 13.7. The number of carbonyl (C=O) groups excluding carboxylic acids is 1. The molecule has 1 amide bonds. The standard InChI is InChI=1S/C31H34N2O4.ClH/c1-19-3-5-20(6-4-19)9-12-26(35)32(2)23-13-14-31(36)25-17-22-10-11-24(34)28-27(22)30(31,29(23)37-28)15-16-33(25)18-21-7-8-21;/h3-6,10-11,21,23,25,29,34,36H,7-8,13-18H2,1-2H3;1H/t23-,25+,29-,30-,31+;/m0./s1. The molecule has 2 heterocycles. The van der Waals surface area contributed by atoms with Crippen molar-refractivity contribution < 1.29 is 19.7 Å². The van der Waals surface area contributed by atoms with Gasteiger partial charge < -0.3 is 19.8 Å². The highest BCUT2D eigenvalue weighted by molar-refractivity contribution is 5.94. The molecule has 2 aromatic rings. The second kappa shape index (κ2) is 8.91. The lowest BCUT2D eigenvalue weighted by atomic mass is 9.48. The van der Waals surface area contributed by atoms with Crippen LogP contribution in [-0.4, -0.2) is 69.8 Å². The molecular weight excluding hydrogens is 500 g/mol. The van der Waals surface area contributed by atoms with E-state index in [1.54, 1.807) is 18.0 Å². The van der Waals surface area contributed by atoms with Crippen LogP contribution in [0, 0.1) is 24.7 Å². The van der Waals surface area contributed by atoms with E-state index in [0.717, 1.165) is 48.5 Å². The van der Waals surface area contributed by atoms with Gasteiger partial charge in [-0.25, -0.2) is 0 Å². The van der Waals surface area contributed by atoms with Crippen molar-refractivity contribution in [1.82, 2.24) is 9.80 Å². The van der Waals surface area contributed by atoms with Crippen LogP contribution in [0.3, 0.4) is 0 Å². The average molecular weight is 535 g/mol. The third kappa shape index (κ3) is 3.52. The first-order chi connectivity index (χ1) is 17.8. The Kier molecular flexibility index (Phi) is 5.99. The summed E-state index contributed by atoms with van der Waals surface area (Å²) in [5.74, 6) is 6.95. The Labute approximate surface area is 230 Å². The number of piperidine rings is 1. The summed E-state index contributed by atoms with van der Waals surface area (Å²) in [6.07, 6.45) is 4.90. The molecule has 1 spiro atoms. The highest BCUT2D eigenvalue weighted by Crippen LogP contribution is 2.66. The van der Waals surface area contributed by atoms with Crippen molar-refractivity contribution in [2.45, 2.75) is 74.7 Å². The van der Waals surface area contributed by atoms with E-state index in [9.17, 15) is 15.0 Å². The van der Waals surface area contributed by atoms with Crippen molar-refractivity contribution in [2.75, 3.05) is 20.1 Å². The molecule has 2 N–H and O–H groups in total. The number of ether oxygens (including phenoxy) is 1. The van der Waals surface area contributed by atoms with E-state index in [1.807, 2.05) is 37.3 Å². The number of amides is 1. The molecule has 2 bridgehead atoms. The van der Waals surface area contributed by atoms with Crippen molar-refractivity contribution in [1.29, 1.82) is 0 Å². The number of hydrogen-bond acceptors (Lipinski definition) is 5. The van der Waals surface area contributed by atoms with Crippen molar-refractivity contribution >= 4 is 18.3 Å². The lowest BCUT2D eigenvalue weighted by Crippen LogP contribution is -2.78. The van der Waals surface area contributed by atoms with Gasteiger partial charge in [0.15, 0.2) is 11.5 Å². The smallest absolute Gasteiger partial charge is 0.298 e. The van der Waals surface area contributed by atoms with Crippen LogP contribution in [0.2, 0.25) is 0 Å². The number of benzene rings is 2. The molecule has 7 rings (SSSR count). The Morgan fingerprint density at radius 1 is 1.16 bits per heavy atom. The average Bonchev–Trinajstić information content (AvgIpc) is 3.63. The van der Waals surface area contributed by atoms with Crippen LogP contribution >= 0.6 is 12.4 Å². The molecule has 6 nitrogen and oxygen atoms in total. The molecule has 38 heavy (non-hydrogen) atoms. The minimum absolute atomic E-state index is 0. The number of rotatable bonds is 3. The number of carbonyl (C=O) groups is 1. The zero-order valence-corrected chi connectivity index (χ0v) is 22.8. The third-order valence-corrected chi connectivity index (χ3v) is 9.91. The van der Waals surface area contributed by atoms with Gasteiger partial charge in [-0.1, -0.05) is 29.7 Å². The van der Waals surface area contributed by atoms with Crippen LogP contribution in [0.15, 0.2) is 36.4 Å². The van der Waals surface area contributed by atoms with Crippen LogP contribution in [0.1, 0.15) is 54.4 Å². The molecule has 0 aromatic heterocycles. The van der Waals surface area contributed by atoms with Gasteiger partial charge in [0.2, 0.25) is 0 Å². The van der Waals surface area contributed by atoms with Crippen LogP contribution in [-0.2, 0) is 16.6 Å². The zero-order valence-electron chi connectivity index (χ0n) is 21.9. The molecule has 0 radical (unpaired) electrons. The van der Waals surface area contributed by atoms with Crippen molar-refractivity contribution in [3.8, 4) is 23.3 Å². The highest BCUT2D eigenvalue weighted by atomic mass is 35.5. The van der Waals surface area contributed by atoms with Crippen LogP contribution in [0.5, 0.6) is 11.5 Å². The maximum Gasteiger partial charge on any atom is 0.298 e. The molecule has 1 saturated heterocycles. The number of hydrogen-bond donors (Lipinski definition) is 2. The van der Waals surface area contributed by atoms with E-state index >= 15 is 0 Å². The quantitative estimate of drug-likeness (QED) is 0.589. The van der Waals surface area contributed by atoms with Gasteiger partial charge in [0.25, 0.3) is 5.91 Å². The molecule has 2 aliphatic heterocycles. The molecule has 200 valence electrons. The molecule has 5 atom stereocenters. The number of phenols is 1. The Bertz CT molecular complexity index is 1350. The maximum atomic E-state index is 13.3. The summed E-state index contributed by atoms with van der Waals surface area (Å²) in [6.45, 7) is 3.97. The summed E-state index contributed by atoms with van der Waals surface area (Å²) < 4.78 is 6.59. The number of aliphatic hydroxyl groups is 1. The minimum atomic E-state index is -0.954. The molecule has 2 saturated carbocycles. The number of likely N-dealkylation sites (tertiary alicyclic amines) is 1. The van der Waals surface area contributed by atoms with Crippen LogP contribution < -0.4 is 4.74 Å². The van der Waals surface area contributed by atoms with Gasteiger partial charge in [-0.2, -0.15) is 0 Å². The second-order valence-electron chi connectivity index (χ2n) is 11.9. The maximum absolute atomic E-state index is 13.3. The number of aromatic hydroxyl groups is 1. The van der Waals surface area contributed by atoms with Gasteiger partial charge in [0.1, 0.15) is 6.10 Å². The summed E-state index contributed by atoms with van der Waals surface area (Å²) in [6, 6.07) is 11.4. The van der Waals surface area contributed by atoms with Crippen LogP contribution in [0.25, 0.3) is 0 Å². The van der Waals surface area contributed by atoms with Gasteiger partial charge in [-0.05, 0) is 81.7 Å². The Morgan fingerprint density at radius 3 is 2.66 bits per heavy atom. The Balaban J connectivity index is 0.00000264. The Morgan fingerprint density at radius 2 is 1.92 bits per heavy atom. The first kappa shape index (κ1) is 25.6. The topological polar surface area (TPSA) is 73.2 Å².